The third kappa shape index (κ3) is 4.18. The number of hydrogen-bond acceptors (Lipinski definition) is 4. The van der Waals surface area contributed by atoms with E-state index in [0.29, 0.717) is 18.8 Å². The summed E-state index contributed by atoms with van der Waals surface area (Å²) in [4.78, 5) is 12.1. The predicted octanol–water partition coefficient (Wildman–Crippen LogP) is 2.54. The molecule has 2 aromatic rings. The molecule has 0 bridgehead atoms. The van der Waals surface area contributed by atoms with E-state index >= 15 is 0 Å². The van der Waals surface area contributed by atoms with Crippen LogP contribution in [0.3, 0.4) is 0 Å². The van der Waals surface area contributed by atoms with Crippen LogP contribution in [0.15, 0.2) is 12.3 Å². The lowest BCUT2D eigenvalue weighted by molar-refractivity contribution is 0.252. The molecule has 3 heterocycles. The third-order valence-electron chi connectivity index (χ3n) is 4.74. The van der Waals surface area contributed by atoms with Crippen molar-refractivity contribution in [2.45, 2.75) is 65.0 Å². The molecule has 1 atom stereocenters. The molecule has 8 heteroatoms. The lowest BCUT2D eigenvalue weighted by atomic mass is 10.2. The van der Waals surface area contributed by atoms with Gasteiger partial charge in [0.1, 0.15) is 17.5 Å². The van der Waals surface area contributed by atoms with Gasteiger partial charge in [0.25, 0.3) is 0 Å². The summed E-state index contributed by atoms with van der Waals surface area (Å²) in [5, 5.41) is 18.6. The summed E-state index contributed by atoms with van der Waals surface area (Å²) in [6, 6.07) is 1.84. The number of carbonyl (C=O) groups excluding carboxylic acids is 1. The van der Waals surface area contributed by atoms with E-state index in [1.807, 2.05) is 10.7 Å². The number of hydrogen-bond donors (Lipinski definition) is 2. The van der Waals surface area contributed by atoms with Crippen LogP contribution < -0.4 is 10.6 Å². The Balaban J connectivity index is 1.50. The molecule has 0 aromatic carbocycles. The Labute approximate surface area is 148 Å². The Bertz CT molecular complexity index is 706. The lowest BCUT2D eigenvalue weighted by Crippen LogP contribution is -2.32. The summed E-state index contributed by atoms with van der Waals surface area (Å²) in [5.74, 6) is 2.75. The highest BCUT2D eigenvalue weighted by Gasteiger charge is 2.15. The van der Waals surface area contributed by atoms with Crippen molar-refractivity contribution in [1.29, 1.82) is 0 Å². The first kappa shape index (κ1) is 17.4. The third-order valence-corrected chi connectivity index (χ3v) is 4.74. The van der Waals surface area contributed by atoms with Crippen LogP contribution in [-0.2, 0) is 19.4 Å². The lowest BCUT2D eigenvalue weighted by Gasteiger charge is -2.14. The number of fused-ring (bicyclic) bond motifs is 1. The Morgan fingerprint density at radius 3 is 3.04 bits per heavy atom. The molecule has 8 nitrogen and oxygen atoms in total. The average molecular weight is 345 g/mol. The highest BCUT2D eigenvalue weighted by molar-refractivity contribution is 5.88. The van der Waals surface area contributed by atoms with Gasteiger partial charge in [0.05, 0.1) is 12.2 Å². The fourth-order valence-corrected chi connectivity index (χ4v) is 3.12. The molecule has 0 fully saturated rings. The smallest absolute Gasteiger partial charge is 0.320 e. The Kier molecular flexibility index (Phi) is 5.67. The van der Waals surface area contributed by atoms with Gasteiger partial charge in [-0.05, 0) is 26.2 Å². The van der Waals surface area contributed by atoms with Crippen LogP contribution in [0.25, 0.3) is 0 Å². The summed E-state index contributed by atoms with van der Waals surface area (Å²) in [5.41, 5.74) is 0. The number of anilines is 1. The van der Waals surface area contributed by atoms with Crippen LogP contribution >= 0.6 is 0 Å². The van der Waals surface area contributed by atoms with Crippen molar-refractivity contribution in [3.8, 4) is 0 Å². The normalized spacial score (nSPS) is 15.3. The monoisotopic (exact) mass is 345 g/mol. The maximum atomic E-state index is 12.1. The Morgan fingerprint density at radius 1 is 1.32 bits per heavy atom. The zero-order chi connectivity index (χ0) is 17.6. The first-order valence-electron chi connectivity index (χ1n) is 9.18. The number of nitrogens with zero attached hydrogens (tertiary/aromatic N) is 5. The Hall–Kier alpha value is -2.38. The molecule has 2 amide bonds. The molecule has 25 heavy (non-hydrogen) atoms. The van der Waals surface area contributed by atoms with E-state index in [9.17, 15) is 4.79 Å². The van der Waals surface area contributed by atoms with Crippen molar-refractivity contribution < 1.29 is 4.79 Å². The van der Waals surface area contributed by atoms with Gasteiger partial charge < -0.3 is 9.88 Å². The fourth-order valence-electron chi connectivity index (χ4n) is 3.12. The van der Waals surface area contributed by atoms with Crippen LogP contribution in [-0.4, -0.2) is 37.1 Å². The SMILES string of the molecule is CC[C@H](C)n1nccc1NC(=O)NCCc1nnc2n1CCCCC2. The number of amides is 2. The second-order valence-corrected chi connectivity index (χ2v) is 6.54. The minimum atomic E-state index is -0.222. The van der Waals surface area contributed by atoms with Gasteiger partial charge in [-0.15, -0.1) is 10.2 Å². The Morgan fingerprint density at radius 2 is 2.20 bits per heavy atom. The van der Waals surface area contributed by atoms with E-state index in [2.05, 4.69) is 44.3 Å². The van der Waals surface area contributed by atoms with Gasteiger partial charge in [0.2, 0.25) is 0 Å². The minimum Gasteiger partial charge on any atom is -0.337 e. The van der Waals surface area contributed by atoms with E-state index < -0.39 is 0 Å². The molecule has 0 aliphatic carbocycles. The number of carbonyl (C=O) groups is 1. The van der Waals surface area contributed by atoms with Crippen LogP contribution in [0.4, 0.5) is 10.6 Å². The van der Waals surface area contributed by atoms with Crippen molar-refractivity contribution in [2.75, 3.05) is 11.9 Å². The molecule has 3 rings (SSSR count). The molecular weight excluding hydrogens is 318 g/mol. The number of aryl methyl sites for hydroxylation is 1. The van der Waals surface area contributed by atoms with Gasteiger partial charge in [0.15, 0.2) is 0 Å². The van der Waals surface area contributed by atoms with E-state index in [0.717, 1.165) is 31.0 Å². The maximum absolute atomic E-state index is 12.1. The minimum absolute atomic E-state index is 0.222. The first-order chi connectivity index (χ1) is 12.2. The van der Waals surface area contributed by atoms with E-state index in [1.54, 1.807) is 6.20 Å². The van der Waals surface area contributed by atoms with Crippen LogP contribution in [0.5, 0.6) is 0 Å². The molecule has 0 radical (unpaired) electrons. The van der Waals surface area contributed by atoms with Crippen LogP contribution in [0.1, 0.15) is 57.2 Å². The standard InChI is InChI=1S/C17H27N7O/c1-3-13(2)24-14(9-11-19-24)20-17(25)18-10-8-16-22-21-15-7-5-4-6-12-23(15)16/h9,11,13H,3-8,10,12H2,1-2H3,(H2,18,20,25)/t13-/m0/s1. The predicted molar refractivity (Wildman–Crippen MR) is 95.5 cm³/mol. The molecule has 0 saturated heterocycles. The zero-order valence-electron chi connectivity index (χ0n) is 15.0. The van der Waals surface area contributed by atoms with Crippen molar-refractivity contribution in [3.63, 3.8) is 0 Å². The highest BCUT2D eigenvalue weighted by Crippen LogP contribution is 2.16. The van der Waals surface area contributed by atoms with E-state index in [-0.39, 0.29) is 12.1 Å². The second-order valence-electron chi connectivity index (χ2n) is 6.54. The summed E-state index contributed by atoms with van der Waals surface area (Å²) < 4.78 is 4.04. The van der Waals surface area contributed by atoms with E-state index in [4.69, 9.17) is 0 Å². The summed E-state index contributed by atoms with van der Waals surface area (Å²) in [6.45, 7) is 5.68. The van der Waals surface area contributed by atoms with Crippen molar-refractivity contribution in [1.82, 2.24) is 29.9 Å². The molecule has 1 aliphatic rings. The maximum Gasteiger partial charge on any atom is 0.320 e. The quantitative estimate of drug-likeness (QED) is 0.842. The van der Waals surface area contributed by atoms with Crippen molar-refractivity contribution in [2.24, 2.45) is 0 Å². The molecule has 136 valence electrons. The largest absolute Gasteiger partial charge is 0.337 e. The van der Waals surface area contributed by atoms with Crippen LogP contribution in [0, 0.1) is 0 Å². The zero-order valence-corrected chi connectivity index (χ0v) is 15.0. The second kappa shape index (κ2) is 8.13. The van der Waals surface area contributed by atoms with Gasteiger partial charge in [-0.1, -0.05) is 13.3 Å². The molecular formula is C17H27N7O. The van der Waals surface area contributed by atoms with Gasteiger partial charge in [-0.25, -0.2) is 9.48 Å². The topological polar surface area (TPSA) is 89.7 Å². The molecule has 0 unspecified atom stereocenters. The molecule has 2 N–H and O–H groups in total. The molecule has 0 spiro atoms. The number of rotatable bonds is 6. The molecule has 1 aliphatic heterocycles. The number of aromatic nitrogens is 5. The van der Waals surface area contributed by atoms with Crippen LogP contribution in [0.2, 0.25) is 0 Å². The summed E-state index contributed by atoms with van der Waals surface area (Å²) in [7, 11) is 0. The summed E-state index contributed by atoms with van der Waals surface area (Å²) in [6.07, 6.45) is 7.94. The van der Waals surface area contributed by atoms with E-state index in [1.165, 1.54) is 19.3 Å². The van der Waals surface area contributed by atoms with Crippen molar-refractivity contribution in [3.05, 3.63) is 23.9 Å². The van der Waals surface area contributed by atoms with Crippen molar-refractivity contribution >= 4 is 11.8 Å². The van der Waals surface area contributed by atoms with Gasteiger partial charge >= 0.3 is 6.03 Å². The molecule has 2 aromatic heterocycles. The van der Waals surface area contributed by atoms with Gasteiger partial charge in [-0.3, -0.25) is 5.32 Å². The average Bonchev–Trinajstić information content (AvgIpc) is 3.14. The number of urea groups is 1. The first-order valence-corrected chi connectivity index (χ1v) is 9.18. The highest BCUT2D eigenvalue weighted by atomic mass is 16.2. The van der Waals surface area contributed by atoms with Gasteiger partial charge in [-0.2, -0.15) is 5.10 Å². The summed E-state index contributed by atoms with van der Waals surface area (Å²) >= 11 is 0. The molecule has 0 saturated carbocycles. The number of nitrogens with one attached hydrogen (secondary N) is 2. The van der Waals surface area contributed by atoms with Gasteiger partial charge in [0, 0.05) is 32.0 Å². The fraction of sp³-hybridized carbons (Fsp3) is 0.647.